The Morgan fingerprint density at radius 2 is 2.06 bits per heavy atom. The van der Waals surface area contributed by atoms with Gasteiger partial charge in [-0.15, -0.1) is 12.3 Å². The SMILES string of the molecule is C#C[C@H](C)[C@@H](O)[C@@H]1C[C@H]1[C@H](C)[C@H](CC)OC. The Bertz CT molecular complexity index is 252. The Labute approximate surface area is 99.4 Å². The molecule has 0 amide bonds. The van der Waals surface area contributed by atoms with E-state index >= 15 is 0 Å². The van der Waals surface area contributed by atoms with Crippen LogP contribution < -0.4 is 0 Å². The predicted molar refractivity (Wildman–Crippen MR) is 65.9 cm³/mol. The highest BCUT2D eigenvalue weighted by Crippen LogP contribution is 2.49. The number of methoxy groups -OCH3 is 1. The van der Waals surface area contributed by atoms with E-state index in [1.165, 1.54) is 0 Å². The van der Waals surface area contributed by atoms with Gasteiger partial charge < -0.3 is 9.84 Å². The van der Waals surface area contributed by atoms with Crippen LogP contribution >= 0.6 is 0 Å². The summed E-state index contributed by atoms with van der Waals surface area (Å²) >= 11 is 0. The lowest BCUT2D eigenvalue weighted by atomic mass is 9.92. The summed E-state index contributed by atoms with van der Waals surface area (Å²) < 4.78 is 5.46. The van der Waals surface area contributed by atoms with Crippen LogP contribution in [0.5, 0.6) is 0 Å². The Morgan fingerprint density at radius 1 is 1.44 bits per heavy atom. The van der Waals surface area contributed by atoms with Crippen LogP contribution in [-0.4, -0.2) is 24.4 Å². The van der Waals surface area contributed by atoms with E-state index in [1.807, 2.05) is 6.92 Å². The summed E-state index contributed by atoms with van der Waals surface area (Å²) in [5.74, 6) is 4.06. The summed E-state index contributed by atoms with van der Waals surface area (Å²) in [5.41, 5.74) is 0. The Kier molecular flexibility index (Phi) is 4.83. The number of aliphatic hydroxyl groups excluding tert-OH is 1. The molecule has 0 saturated heterocycles. The number of rotatable bonds is 6. The largest absolute Gasteiger partial charge is 0.392 e. The number of hydrogen-bond donors (Lipinski definition) is 1. The molecule has 0 spiro atoms. The van der Waals surface area contributed by atoms with E-state index in [-0.39, 0.29) is 12.0 Å². The topological polar surface area (TPSA) is 29.5 Å². The van der Waals surface area contributed by atoms with Crippen molar-refractivity contribution in [2.24, 2.45) is 23.7 Å². The third-order valence-corrected chi connectivity index (χ3v) is 4.07. The molecule has 1 saturated carbocycles. The molecular formula is C14H24O2. The molecular weight excluding hydrogens is 200 g/mol. The van der Waals surface area contributed by atoms with Gasteiger partial charge in [0, 0.05) is 13.0 Å². The molecule has 16 heavy (non-hydrogen) atoms. The van der Waals surface area contributed by atoms with Crippen LogP contribution in [0.2, 0.25) is 0 Å². The van der Waals surface area contributed by atoms with Crippen molar-refractivity contribution in [2.45, 2.75) is 45.8 Å². The zero-order valence-electron chi connectivity index (χ0n) is 10.8. The predicted octanol–water partition coefficient (Wildman–Crippen LogP) is 2.31. The average Bonchev–Trinajstić information content (AvgIpc) is 3.08. The van der Waals surface area contributed by atoms with Gasteiger partial charge in [0.05, 0.1) is 12.2 Å². The summed E-state index contributed by atoms with van der Waals surface area (Å²) in [6.45, 7) is 6.27. The molecule has 2 nitrogen and oxygen atoms in total. The van der Waals surface area contributed by atoms with Gasteiger partial charge in [-0.1, -0.05) is 13.8 Å². The van der Waals surface area contributed by atoms with Gasteiger partial charge in [-0.3, -0.25) is 0 Å². The maximum atomic E-state index is 10.0. The smallest absolute Gasteiger partial charge is 0.0705 e. The van der Waals surface area contributed by atoms with E-state index in [1.54, 1.807) is 7.11 Å². The van der Waals surface area contributed by atoms with E-state index in [9.17, 15) is 5.11 Å². The first-order chi connectivity index (χ1) is 7.56. The zero-order valence-corrected chi connectivity index (χ0v) is 10.8. The molecule has 1 N–H and O–H groups in total. The molecule has 0 aromatic carbocycles. The first kappa shape index (κ1) is 13.5. The van der Waals surface area contributed by atoms with Crippen LogP contribution in [-0.2, 0) is 4.74 Å². The van der Waals surface area contributed by atoms with Gasteiger partial charge in [0.25, 0.3) is 0 Å². The Balaban J connectivity index is 2.47. The van der Waals surface area contributed by atoms with Crippen molar-refractivity contribution < 1.29 is 9.84 Å². The molecule has 0 heterocycles. The molecule has 0 aromatic heterocycles. The minimum absolute atomic E-state index is 0.0372. The highest BCUT2D eigenvalue weighted by Gasteiger charge is 2.48. The molecule has 1 aliphatic carbocycles. The van der Waals surface area contributed by atoms with Crippen LogP contribution in [0, 0.1) is 36.0 Å². The van der Waals surface area contributed by atoms with E-state index in [0.29, 0.717) is 23.9 Å². The van der Waals surface area contributed by atoms with Gasteiger partial charge in [0.15, 0.2) is 0 Å². The Morgan fingerprint density at radius 3 is 2.50 bits per heavy atom. The highest BCUT2D eigenvalue weighted by atomic mass is 16.5. The summed E-state index contributed by atoms with van der Waals surface area (Å²) in [7, 11) is 1.77. The normalized spacial score (nSPS) is 31.2. The second-order valence-corrected chi connectivity index (χ2v) is 5.05. The lowest BCUT2D eigenvalue weighted by molar-refractivity contribution is 0.0369. The van der Waals surface area contributed by atoms with Crippen molar-refractivity contribution >= 4 is 0 Å². The zero-order chi connectivity index (χ0) is 12.3. The minimum atomic E-state index is -0.341. The summed E-state index contributed by atoms with van der Waals surface area (Å²) in [5, 5.41) is 10.0. The lowest BCUT2D eigenvalue weighted by Gasteiger charge is -2.22. The highest BCUT2D eigenvalue weighted by molar-refractivity contribution is 5.03. The molecule has 0 aliphatic heterocycles. The number of aliphatic hydroxyl groups is 1. The molecule has 1 fully saturated rings. The molecule has 1 aliphatic rings. The van der Waals surface area contributed by atoms with Crippen molar-refractivity contribution in [3.63, 3.8) is 0 Å². The van der Waals surface area contributed by atoms with Crippen molar-refractivity contribution in [2.75, 3.05) is 7.11 Å². The third-order valence-electron chi connectivity index (χ3n) is 4.07. The number of ether oxygens (including phenoxy) is 1. The molecule has 0 unspecified atom stereocenters. The monoisotopic (exact) mass is 224 g/mol. The van der Waals surface area contributed by atoms with Crippen molar-refractivity contribution in [3.8, 4) is 12.3 Å². The maximum Gasteiger partial charge on any atom is 0.0705 e. The van der Waals surface area contributed by atoms with Gasteiger partial charge in [0.2, 0.25) is 0 Å². The first-order valence-corrected chi connectivity index (χ1v) is 6.23. The fraction of sp³-hybridized carbons (Fsp3) is 0.857. The van der Waals surface area contributed by atoms with Crippen LogP contribution in [0.3, 0.4) is 0 Å². The first-order valence-electron chi connectivity index (χ1n) is 6.23. The van der Waals surface area contributed by atoms with E-state index in [4.69, 9.17) is 11.2 Å². The molecule has 1 rings (SSSR count). The van der Waals surface area contributed by atoms with Gasteiger partial charge in [-0.25, -0.2) is 0 Å². The average molecular weight is 224 g/mol. The number of terminal acetylenes is 1. The van der Waals surface area contributed by atoms with Crippen LogP contribution in [0.15, 0.2) is 0 Å². The lowest BCUT2D eigenvalue weighted by Crippen LogP contribution is -2.25. The second kappa shape index (κ2) is 5.70. The summed E-state index contributed by atoms with van der Waals surface area (Å²) in [4.78, 5) is 0. The number of hydrogen-bond acceptors (Lipinski definition) is 2. The minimum Gasteiger partial charge on any atom is -0.392 e. The van der Waals surface area contributed by atoms with E-state index in [0.717, 1.165) is 12.8 Å². The molecule has 6 atom stereocenters. The molecule has 92 valence electrons. The standard InChI is InChI=1S/C14H24O2/c1-6-9(3)14(15)12-8-11(12)10(4)13(7-2)16-5/h1,9-15H,7-8H2,2-5H3/t9-,10-,11-,12+,13-,14+/m0/s1. The molecule has 0 bridgehead atoms. The summed E-state index contributed by atoms with van der Waals surface area (Å²) in [6.07, 6.45) is 7.43. The molecule has 2 heteroatoms. The van der Waals surface area contributed by atoms with Gasteiger partial charge in [0.1, 0.15) is 0 Å². The molecule has 0 radical (unpaired) electrons. The van der Waals surface area contributed by atoms with Crippen LogP contribution in [0.1, 0.15) is 33.6 Å². The van der Waals surface area contributed by atoms with Crippen LogP contribution in [0.25, 0.3) is 0 Å². The summed E-state index contributed by atoms with van der Waals surface area (Å²) in [6, 6.07) is 0. The quantitative estimate of drug-likeness (QED) is 0.702. The second-order valence-electron chi connectivity index (χ2n) is 5.05. The van der Waals surface area contributed by atoms with Gasteiger partial charge in [-0.2, -0.15) is 0 Å². The van der Waals surface area contributed by atoms with Crippen LogP contribution in [0.4, 0.5) is 0 Å². The third kappa shape index (κ3) is 2.78. The Hall–Kier alpha value is -0.520. The van der Waals surface area contributed by atoms with Crippen molar-refractivity contribution in [3.05, 3.63) is 0 Å². The molecule has 0 aromatic rings. The fourth-order valence-electron chi connectivity index (χ4n) is 2.73. The van der Waals surface area contributed by atoms with Crippen molar-refractivity contribution in [1.82, 2.24) is 0 Å². The maximum absolute atomic E-state index is 10.0. The van der Waals surface area contributed by atoms with Gasteiger partial charge in [-0.05, 0) is 37.5 Å². The fourth-order valence-corrected chi connectivity index (χ4v) is 2.73. The van der Waals surface area contributed by atoms with E-state index < -0.39 is 0 Å². The van der Waals surface area contributed by atoms with Gasteiger partial charge >= 0.3 is 0 Å². The van der Waals surface area contributed by atoms with E-state index in [2.05, 4.69) is 19.8 Å². The van der Waals surface area contributed by atoms with Crippen molar-refractivity contribution in [1.29, 1.82) is 0 Å².